The number of rotatable bonds is 4. The number of para-hydroxylation sites is 1. The van der Waals surface area contributed by atoms with Gasteiger partial charge in [-0.2, -0.15) is 0 Å². The summed E-state index contributed by atoms with van der Waals surface area (Å²) in [5.41, 5.74) is 0.249. The van der Waals surface area contributed by atoms with Crippen molar-refractivity contribution in [1.29, 1.82) is 0 Å². The maximum Gasteiger partial charge on any atom is 0.313 e. The highest BCUT2D eigenvalue weighted by Crippen LogP contribution is 2.34. The maximum absolute atomic E-state index is 12.2. The van der Waals surface area contributed by atoms with Gasteiger partial charge in [-0.25, -0.2) is 0 Å². The predicted octanol–water partition coefficient (Wildman–Crippen LogP) is 3.51. The summed E-state index contributed by atoms with van der Waals surface area (Å²) < 4.78 is 5.02. The Hall–Kier alpha value is -2.60. The number of ether oxygens (including phenoxy) is 1. The summed E-state index contributed by atoms with van der Waals surface area (Å²) >= 11 is 5.94. The fraction of sp³-hybridized carbons (Fsp3) is 0.0714. The monoisotopic (exact) mass is 306 g/mol. The summed E-state index contributed by atoms with van der Waals surface area (Å²) in [7, 11) is 1.30. The fourth-order valence-corrected chi connectivity index (χ4v) is 2.04. The third-order valence-corrected chi connectivity index (χ3v) is 3.09. The molecule has 0 spiro atoms. The van der Waals surface area contributed by atoms with Gasteiger partial charge >= 0.3 is 5.69 Å². The first-order valence-electron chi connectivity index (χ1n) is 5.92. The number of halogens is 1. The number of hydrogen-bond donors (Lipinski definition) is 1. The van der Waals surface area contributed by atoms with E-state index in [9.17, 15) is 14.9 Å². The van der Waals surface area contributed by atoms with Crippen LogP contribution < -0.4 is 10.1 Å². The molecule has 0 radical (unpaired) electrons. The summed E-state index contributed by atoms with van der Waals surface area (Å²) in [6, 6.07) is 10.8. The molecule has 0 bridgehead atoms. The van der Waals surface area contributed by atoms with Crippen molar-refractivity contribution in [1.82, 2.24) is 0 Å². The van der Waals surface area contributed by atoms with Crippen molar-refractivity contribution < 1.29 is 14.5 Å². The molecule has 0 fully saturated rings. The van der Waals surface area contributed by atoms with Gasteiger partial charge in [0.25, 0.3) is 5.91 Å². The molecular weight excluding hydrogens is 296 g/mol. The molecule has 1 amide bonds. The zero-order valence-corrected chi connectivity index (χ0v) is 11.8. The number of amides is 1. The van der Waals surface area contributed by atoms with Gasteiger partial charge in [0.1, 0.15) is 0 Å². The Morgan fingerprint density at radius 2 is 1.95 bits per heavy atom. The molecule has 1 N–H and O–H groups in total. The number of nitrogens with one attached hydrogen (secondary N) is 1. The van der Waals surface area contributed by atoms with Crippen LogP contribution in [-0.2, 0) is 0 Å². The number of nitrogens with zero attached hydrogens (tertiary/aromatic N) is 1. The number of nitro benzene ring substituents is 1. The molecule has 108 valence electrons. The minimum Gasteiger partial charge on any atom is -0.489 e. The predicted molar refractivity (Wildman–Crippen MR) is 79.1 cm³/mol. The van der Waals surface area contributed by atoms with Gasteiger partial charge in [-0.3, -0.25) is 14.9 Å². The first-order valence-corrected chi connectivity index (χ1v) is 6.29. The number of carbonyl (C=O) groups is 1. The Morgan fingerprint density at radius 1 is 1.24 bits per heavy atom. The van der Waals surface area contributed by atoms with Gasteiger partial charge in [-0.15, -0.1) is 0 Å². The van der Waals surface area contributed by atoms with Crippen molar-refractivity contribution in [3.63, 3.8) is 0 Å². The molecule has 0 saturated carbocycles. The second-order valence-electron chi connectivity index (χ2n) is 4.05. The lowest BCUT2D eigenvalue weighted by Gasteiger charge is -2.10. The van der Waals surface area contributed by atoms with Crippen LogP contribution in [0.1, 0.15) is 10.4 Å². The van der Waals surface area contributed by atoms with Gasteiger partial charge in [-0.1, -0.05) is 29.8 Å². The number of anilines is 1. The quantitative estimate of drug-likeness (QED) is 0.692. The van der Waals surface area contributed by atoms with E-state index in [4.69, 9.17) is 16.3 Å². The second-order valence-corrected chi connectivity index (χ2v) is 4.46. The van der Waals surface area contributed by atoms with E-state index in [0.29, 0.717) is 5.02 Å². The molecule has 0 atom stereocenters. The van der Waals surface area contributed by atoms with Crippen LogP contribution in [0, 0.1) is 10.1 Å². The maximum atomic E-state index is 12.2. The van der Waals surface area contributed by atoms with Crippen LogP contribution in [0.4, 0.5) is 11.4 Å². The van der Waals surface area contributed by atoms with E-state index < -0.39 is 10.8 Å². The summed E-state index contributed by atoms with van der Waals surface area (Å²) in [5, 5.41) is 13.8. The lowest BCUT2D eigenvalue weighted by atomic mass is 10.2. The minimum absolute atomic E-state index is 0.0112. The second kappa shape index (κ2) is 6.23. The highest BCUT2D eigenvalue weighted by Gasteiger charge is 2.20. The molecule has 0 saturated heterocycles. The Balaban J connectivity index is 2.36. The van der Waals surface area contributed by atoms with Gasteiger partial charge in [-0.05, 0) is 18.2 Å². The van der Waals surface area contributed by atoms with Crippen molar-refractivity contribution in [2.24, 2.45) is 0 Å². The van der Waals surface area contributed by atoms with E-state index >= 15 is 0 Å². The van der Waals surface area contributed by atoms with Crippen LogP contribution in [0.15, 0.2) is 42.5 Å². The average Bonchev–Trinajstić information content (AvgIpc) is 2.47. The summed E-state index contributed by atoms with van der Waals surface area (Å²) in [5.74, 6) is -0.484. The molecule has 0 aliphatic rings. The van der Waals surface area contributed by atoms with Crippen LogP contribution in [0.5, 0.6) is 5.75 Å². The zero-order chi connectivity index (χ0) is 15.4. The summed E-state index contributed by atoms with van der Waals surface area (Å²) in [6.45, 7) is 0. The van der Waals surface area contributed by atoms with Crippen LogP contribution in [0.3, 0.4) is 0 Å². The van der Waals surface area contributed by atoms with Crippen molar-refractivity contribution >= 4 is 28.9 Å². The molecule has 21 heavy (non-hydrogen) atoms. The largest absolute Gasteiger partial charge is 0.489 e. The molecule has 0 aromatic heterocycles. The topological polar surface area (TPSA) is 81.5 Å². The van der Waals surface area contributed by atoms with Crippen molar-refractivity contribution in [3.8, 4) is 5.75 Å². The lowest BCUT2D eigenvalue weighted by Crippen LogP contribution is -2.13. The minimum atomic E-state index is -0.579. The fourth-order valence-electron chi connectivity index (χ4n) is 1.82. The smallest absolute Gasteiger partial charge is 0.313 e. The van der Waals surface area contributed by atoms with Crippen LogP contribution in [0.25, 0.3) is 0 Å². The first-order chi connectivity index (χ1) is 10.0. The summed E-state index contributed by atoms with van der Waals surface area (Å²) in [6.07, 6.45) is 0. The van der Waals surface area contributed by atoms with Crippen molar-refractivity contribution in [3.05, 3.63) is 63.2 Å². The van der Waals surface area contributed by atoms with E-state index in [1.54, 1.807) is 24.3 Å². The molecule has 2 rings (SSSR count). The Labute approximate surface area is 125 Å². The van der Waals surface area contributed by atoms with Crippen molar-refractivity contribution in [2.75, 3.05) is 12.4 Å². The number of methoxy groups -OCH3 is 1. The van der Waals surface area contributed by atoms with Gasteiger partial charge < -0.3 is 10.1 Å². The number of benzene rings is 2. The molecule has 6 nitrogen and oxygen atoms in total. The first kappa shape index (κ1) is 14.8. The normalized spacial score (nSPS) is 10.0. The molecule has 2 aromatic carbocycles. The van der Waals surface area contributed by atoms with Gasteiger partial charge in [0.05, 0.1) is 28.3 Å². The SMILES string of the molecule is COc1c(NC(=O)c2ccccc2Cl)cccc1[N+](=O)[O-]. The molecule has 0 heterocycles. The molecule has 0 aliphatic heterocycles. The Bertz CT molecular complexity index is 703. The van der Waals surface area contributed by atoms with Gasteiger partial charge in [0.15, 0.2) is 0 Å². The van der Waals surface area contributed by atoms with Gasteiger partial charge in [0.2, 0.25) is 5.75 Å². The number of nitro groups is 1. The molecule has 0 unspecified atom stereocenters. The van der Waals surface area contributed by atoms with E-state index in [1.807, 2.05) is 0 Å². The standard InChI is InChI=1S/C14H11ClN2O4/c1-21-13-11(7-4-8-12(13)17(19)20)16-14(18)9-5-2-3-6-10(9)15/h2-8H,1H3,(H,16,18). The van der Waals surface area contributed by atoms with E-state index in [2.05, 4.69) is 5.32 Å². The van der Waals surface area contributed by atoms with Crippen molar-refractivity contribution in [2.45, 2.75) is 0 Å². The zero-order valence-electron chi connectivity index (χ0n) is 11.0. The Kier molecular flexibility index (Phi) is 4.39. The summed E-state index contributed by atoms with van der Waals surface area (Å²) in [4.78, 5) is 22.5. The molecule has 0 aliphatic carbocycles. The van der Waals surface area contributed by atoms with E-state index in [1.165, 1.54) is 25.3 Å². The van der Waals surface area contributed by atoms with Gasteiger partial charge in [0, 0.05) is 6.07 Å². The molecule has 7 heteroatoms. The third kappa shape index (κ3) is 3.11. The van der Waals surface area contributed by atoms with Crippen LogP contribution >= 0.6 is 11.6 Å². The molecular formula is C14H11ClN2O4. The van der Waals surface area contributed by atoms with Crippen LogP contribution in [-0.4, -0.2) is 17.9 Å². The third-order valence-electron chi connectivity index (χ3n) is 2.76. The Morgan fingerprint density at radius 3 is 2.57 bits per heavy atom. The number of hydrogen-bond acceptors (Lipinski definition) is 4. The number of carbonyl (C=O) groups excluding carboxylic acids is 1. The lowest BCUT2D eigenvalue weighted by molar-refractivity contribution is -0.385. The highest BCUT2D eigenvalue weighted by atomic mass is 35.5. The van der Waals surface area contributed by atoms with E-state index in [0.717, 1.165) is 0 Å². The average molecular weight is 307 g/mol. The van der Waals surface area contributed by atoms with Crippen LogP contribution in [0.2, 0.25) is 5.02 Å². The van der Waals surface area contributed by atoms with E-state index in [-0.39, 0.29) is 22.7 Å². The highest BCUT2D eigenvalue weighted by molar-refractivity contribution is 6.34. The molecule has 2 aromatic rings.